The van der Waals surface area contributed by atoms with Crippen molar-refractivity contribution >= 4 is 16.6 Å². The highest BCUT2D eigenvalue weighted by atomic mass is 16.5. The van der Waals surface area contributed by atoms with Gasteiger partial charge in [-0.1, -0.05) is 12.1 Å². The van der Waals surface area contributed by atoms with Crippen LogP contribution in [0.25, 0.3) is 10.9 Å². The highest BCUT2D eigenvalue weighted by Crippen LogP contribution is 2.39. The molecule has 0 spiro atoms. The first-order chi connectivity index (χ1) is 13.2. The van der Waals surface area contributed by atoms with Crippen LogP contribution in [-0.4, -0.2) is 39.9 Å². The lowest BCUT2D eigenvalue weighted by atomic mass is 9.95. The van der Waals surface area contributed by atoms with Gasteiger partial charge in [0.25, 0.3) is 0 Å². The number of fused-ring (bicyclic) bond motifs is 1. The van der Waals surface area contributed by atoms with Gasteiger partial charge in [-0.05, 0) is 44.7 Å². The van der Waals surface area contributed by atoms with Crippen molar-refractivity contribution in [3.8, 4) is 5.75 Å². The van der Waals surface area contributed by atoms with Crippen LogP contribution >= 0.6 is 0 Å². The summed E-state index contributed by atoms with van der Waals surface area (Å²) in [5.41, 5.74) is 3.24. The number of methoxy groups -OCH3 is 1. The van der Waals surface area contributed by atoms with Gasteiger partial charge < -0.3 is 14.2 Å². The van der Waals surface area contributed by atoms with E-state index >= 15 is 0 Å². The molecule has 0 N–H and O–H groups in total. The molecular formula is C21H25N5O. The first kappa shape index (κ1) is 16.5. The minimum absolute atomic E-state index is 0.507. The molecule has 140 valence electrons. The predicted octanol–water partition coefficient (Wildman–Crippen LogP) is 3.86. The topological polar surface area (TPSA) is 56.1 Å². The van der Waals surface area contributed by atoms with Crippen LogP contribution in [-0.2, 0) is 0 Å². The maximum atomic E-state index is 5.53. The third-order valence-corrected chi connectivity index (χ3v) is 5.87. The fourth-order valence-electron chi connectivity index (χ4n) is 4.31. The molecule has 27 heavy (non-hydrogen) atoms. The molecular weight excluding hydrogens is 338 g/mol. The van der Waals surface area contributed by atoms with Crippen molar-refractivity contribution in [2.75, 3.05) is 25.1 Å². The number of aromatic nitrogens is 4. The van der Waals surface area contributed by atoms with Crippen molar-refractivity contribution in [3.63, 3.8) is 0 Å². The van der Waals surface area contributed by atoms with Gasteiger partial charge in [0.1, 0.15) is 23.4 Å². The van der Waals surface area contributed by atoms with Crippen LogP contribution in [0.4, 0.5) is 5.69 Å². The third kappa shape index (κ3) is 2.93. The molecule has 1 aliphatic heterocycles. The van der Waals surface area contributed by atoms with Crippen LogP contribution in [0.5, 0.6) is 5.75 Å². The van der Waals surface area contributed by atoms with Gasteiger partial charge >= 0.3 is 0 Å². The maximum absolute atomic E-state index is 5.53. The molecule has 3 aromatic rings. The molecule has 1 saturated heterocycles. The summed E-state index contributed by atoms with van der Waals surface area (Å²) in [5.74, 6) is 2.53. The van der Waals surface area contributed by atoms with E-state index in [-0.39, 0.29) is 0 Å². The molecule has 0 radical (unpaired) electrons. The number of aryl methyl sites for hydroxylation is 1. The SMILES string of the molecule is COc1cccc2c(N3CCC(c4nncn4C4CC4)CC3)cc(C)nc12. The molecule has 0 bridgehead atoms. The number of pyridine rings is 1. The van der Waals surface area contributed by atoms with Gasteiger partial charge in [-0.3, -0.25) is 0 Å². The maximum Gasteiger partial charge on any atom is 0.145 e. The Kier molecular flexibility index (Phi) is 3.99. The van der Waals surface area contributed by atoms with Gasteiger partial charge in [0.15, 0.2) is 0 Å². The smallest absolute Gasteiger partial charge is 0.145 e. The Hall–Kier alpha value is -2.63. The summed E-state index contributed by atoms with van der Waals surface area (Å²) in [4.78, 5) is 7.21. The molecule has 6 nitrogen and oxygen atoms in total. The van der Waals surface area contributed by atoms with E-state index in [2.05, 4.69) is 38.7 Å². The van der Waals surface area contributed by atoms with E-state index in [1.165, 1.54) is 29.7 Å². The number of piperidine rings is 1. The standard InChI is InChI=1S/C21H25N5O/c1-14-12-18(17-4-3-5-19(27-2)20(17)23-14)25-10-8-15(9-11-25)21-24-22-13-26(21)16-6-7-16/h3-5,12-13,15-16H,6-11H2,1-2H3. The molecule has 2 fully saturated rings. The molecule has 3 heterocycles. The predicted molar refractivity (Wildman–Crippen MR) is 106 cm³/mol. The molecule has 2 aromatic heterocycles. The third-order valence-electron chi connectivity index (χ3n) is 5.87. The van der Waals surface area contributed by atoms with E-state index in [4.69, 9.17) is 9.72 Å². The van der Waals surface area contributed by atoms with Crippen molar-refractivity contribution in [2.24, 2.45) is 0 Å². The van der Waals surface area contributed by atoms with E-state index in [0.29, 0.717) is 12.0 Å². The van der Waals surface area contributed by atoms with Crippen LogP contribution in [0.15, 0.2) is 30.6 Å². The van der Waals surface area contributed by atoms with Crippen LogP contribution in [0.2, 0.25) is 0 Å². The molecule has 5 rings (SSSR count). The molecule has 2 aliphatic rings. The van der Waals surface area contributed by atoms with E-state index in [0.717, 1.165) is 42.9 Å². The van der Waals surface area contributed by atoms with Gasteiger partial charge in [0.2, 0.25) is 0 Å². The summed E-state index contributed by atoms with van der Waals surface area (Å²) < 4.78 is 7.85. The highest BCUT2D eigenvalue weighted by Gasteiger charge is 2.31. The molecule has 0 unspecified atom stereocenters. The minimum Gasteiger partial charge on any atom is -0.494 e. The average molecular weight is 363 g/mol. The number of hydrogen-bond donors (Lipinski definition) is 0. The highest BCUT2D eigenvalue weighted by molar-refractivity contribution is 5.95. The number of anilines is 1. The van der Waals surface area contributed by atoms with Crippen LogP contribution < -0.4 is 9.64 Å². The minimum atomic E-state index is 0.507. The van der Waals surface area contributed by atoms with Gasteiger partial charge in [0.05, 0.1) is 7.11 Å². The lowest BCUT2D eigenvalue weighted by molar-refractivity contribution is 0.419. The summed E-state index contributed by atoms with van der Waals surface area (Å²) in [5, 5.41) is 9.80. The number of hydrogen-bond acceptors (Lipinski definition) is 5. The number of ether oxygens (including phenoxy) is 1. The second kappa shape index (κ2) is 6.51. The molecule has 0 atom stereocenters. The first-order valence-corrected chi connectivity index (χ1v) is 9.83. The largest absolute Gasteiger partial charge is 0.494 e. The van der Waals surface area contributed by atoms with Gasteiger partial charge in [-0.2, -0.15) is 0 Å². The number of benzene rings is 1. The Morgan fingerprint density at radius 2 is 1.93 bits per heavy atom. The summed E-state index contributed by atoms with van der Waals surface area (Å²) in [6, 6.07) is 9.03. The Morgan fingerprint density at radius 1 is 1.11 bits per heavy atom. The van der Waals surface area contributed by atoms with E-state index < -0.39 is 0 Å². The monoisotopic (exact) mass is 363 g/mol. The summed E-state index contributed by atoms with van der Waals surface area (Å²) in [7, 11) is 1.71. The lowest BCUT2D eigenvalue weighted by Gasteiger charge is -2.34. The van der Waals surface area contributed by atoms with Crippen LogP contribution in [0.3, 0.4) is 0 Å². The molecule has 6 heteroatoms. The average Bonchev–Trinajstić information content (AvgIpc) is 3.43. The number of para-hydroxylation sites is 1. The van der Waals surface area contributed by atoms with E-state index in [1.807, 2.05) is 18.5 Å². The van der Waals surface area contributed by atoms with Crippen molar-refractivity contribution < 1.29 is 4.74 Å². The number of rotatable bonds is 4. The van der Waals surface area contributed by atoms with Crippen molar-refractivity contribution in [1.29, 1.82) is 0 Å². The van der Waals surface area contributed by atoms with Gasteiger partial charge in [-0.25, -0.2) is 4.98 Å². The normalized spacial score (nSPS) is 18.2. The van der Waals surface area contributed by atoms with Gasteiger partial charge in [0, 0.05) is 41.8 Å². The van der Waals surface area contributed by atoms with Crippen LogP contribution in [0.1, 0.15) is 49.2 Å². The Bertz CT molecular complexity index is 970. The summed E-state index contributed by atoms with van der Waals surface area (Å²) in [6.07, 6.45) is 6.68. The zero-order valence-electron chi connectivity index (χ0n) is 15.9. The fraction of sp³-hybridized carbons (Fsp3) is 0.476. The molecule has 0 amide bonds. The number of nitrogens with zero attached hydrogens (tertiary/aromatic N) is 5. The quantitative estimate of drug-likeness (QED) is 0.704. The van der Waals surface area contributed by atoms with E-state index in [9.17, 15) is 0 Å². The lowest BCUT2D eigenvalue weighted by Crippen LogP contribution is -2.34. The fourth-order valence-corrected chi connectivity index (χ4v) is 4.31. The Balaban J connectivity index is 1.42. The second-order valence-electron chi connectivity index (χ2n) is 7.73. The Labute approximate surface area is 159 Å². The first-order valence-electron chi connectivity index (χ1n) is 9.83. The van der Waals surface area contributed by atoms with E-state index in [1.54, 1.807) is 7.11 Å². The van der Waals surface area contributed by atoms with Crippen molar-refractivity contribution in [1.82, 2.24) is 19.7 Å². The Morgan fingerprint density at radius 3 is 2.67 bits per heavy atom. The molecule has 1 aliphatic carbocycles. The molecule has 1 saturated carbocycles. The van der Waals surface area contributed by atoms with Gasteiger partial charge in [-0.15, -0.1) is 10.2 Å². The zero-order chi connectivity index (χ0) is 18.4. The summed E-state index contributed by atoms with van der Waals surface area (Å²) in [6.45, 7) is 4.11. The zero-order valence-corrected chi connectivity index (χ0v) is 15.9. The molecule has 1 aromatic carbocycles. The van der Waals surface area contributed by atoms with Crippen molar-refractivity contribution in [3.05, 3.63) is 42.1 Å². The summed E-state index contributed by atoms with van der Waals surface area (Å²) >= 11 is 0. The van der Waals surface area contributed by atoms with Crippen molar-refractivity contribution in [2.45, 2.75) is 44.6 Å². The van der Waals surface area contributed by atoms with Crippen LogP contribution in [0, 0.1) is 6.92 Å². The second-order valence-corrected chi connectivity index (χ2v) is 7.73.